The summed E-state index contributed by atoms with van der Waals surface area (Å²) in [4.78, 5) is 25.4. The van der Waals surface area contributed by atoms with Crippen LogP contribution < -0.4 is 0 Å². The molecule has 3 fully saturated rings. The van der Waals surface area contributed by atoms with E-state index >= 15 is 0 Å². The van der Waals surface area contributed by atoms with Crippen molar-refractivity contribution in [2.75, 3.05) is 6.61 Å². The highest BCUT2D eigenvalue weighted by atomic mass is 16.8. The van der Waals surface area contributed by atoms with Crippen LogP contribution in [-0.4, -0.2) is 62.8 Å². The number of aliphatic hydroxyl groups is 4. The molecular weight excluding hydrogens is 432 g/mol. The van der Waals surface area contributed by atoms with Crippen LogP contribution in [-0.2, 0) is 23.8 Å². The van der Waals surface area contributed by atoms with Gasteiger partial charge < -0.3 is 34.6 Å². The van der Waals surface area contributed by atoms with Gasteiger partial charge >= 0.3 is 11.9 Å². The first-order valence-electron chi connectivity index (χ1n) is 11.2. The summed E-state index contributed by atoms with van der Waals surface area (Å²) in [7, 11) is 0. The van der Waals surface area contributed by atoms with Crippen molar-refractivity contribution in [3.8, 4) is 0 Å². The average Bonchev–Trinajstić information content (AvgIpc) is 3.10. The van der Waals surface area contributed by atoms with E-state index in [1.54, 1.807) is 27.7 Å². The summed E-state index contributed by atoms with van der Waals surface area (Å²) >= 11 is 0. The number of rotatable bonds is 2. The predicted molar refractivity (Wildman–Crippen MR) is 112 cm³/mol. The third-order valence-corrected chi connectivity index (χ3v) is 8.58. The summed E-state index contributed by atoms with van der Waals surface area (Å²) in [6, 6.07) is 0. The molecule has 33 heavy (non-hydrogen) atoms. The Morgan fingerprint density at radius 3 is 2.48 bits per heavy atom. The van der Waals surface area contributed by atoms with Gasteiger partial charge in [0.05, 0.1) is 23.9 Å². The number of fused-ring (bicyclic) bond motifs is 2. The normalized spacial score (nSPS) is 44.4. The molecule has 5 aliphatic rings. The summed E-state index contributed by atoms with van der Waals surface area (Å²) < 4.78 is 16.8. The Hall–Kier alpha value is -2.20. The molecule has 2 aliphatic carbocycles. The zero-order chi connectivity index (χ0) is 24.3. The van der Waals surface area contributed by atoms with Crippen LogP contribution in [0.25, 0.3) is 0 Å². The van der Waals surface area contributed by atoms with Crippen LogP contribution in [0.15, 0.2) is 34.1 Å². The van der Waals surface area contributed by atoms with Crippen molar-refractivity contribution >= 4 is 11.9 Å². The molecule has 4 N–H and O–H groups in total. The first-order valence-corrected chi connectivity index (χ1v) is 11.2. The van der Waals surface area contributed by atoms with Crippen molar-refractivity contribution in [3.05, 3.63) is 34.1 Å². The van der Waals surface area contributed by atoms with Crippen LogP contribution in [0.5, 0.6) is 0 Å². The number of cyclic esters (lactones) is 1. The topological polar surface area (TPSA) is 143 Å². The smallest absolute Gasteiger partial charge is 0.314 e. The molecule has 0 aromatic heterocycles. The second-order valence-electron chi connectivity index (χ2n) is 10.8. The van der Waals surface area contributed by atoms with Crippen LogP contribution in [0.4, 0.5) is 0 Å². The van der Waals surface area contributed by atoms with Crippen LogP contribution in [0.2, 0.25) is 0 Å². The molecule has 3 aliphatic heterocycles. The summed E-state index contributed by atoms with van der Waals surface area (Å²) in [6.45, 7) is 7.76. The highest BCUT2D eigenvalue weighted by molar-refractivity contribution is 5.82. The molecule has 9 nitrogen and oxygen atoms in total. The van der Waals surface area contributed by atoms with Gasteiger partial charge in [0.1, 0.15) is 17.5 Å². The van der Waals surface area contributed by atoms with E-state index in [9.17, 15) is 30.0 Å². The molecule has 1 saturated carbocycles. The van der Waals surface area contributed by atoms with Gasteiger partial charge in [-0.3, -0.25) is 9.59 Å². The minimum atomic E-state index is -2.13. The summed E-state index contributed by atoms with van der Waals surface area (Å²) in [5.74, 6) is -4.87. The van der Waals surface area contributed by atoms with Crippen molar-refractivity contribution in [2.24, 2.45) is 22.7 Å². The van der Waals surface area contributed by atoms with Gasteiger partial charge in [-0.25, -0.2) is 0 Å². The summed E-state index contributed by atoms with van der Waals surface area (Å²) in [6.07, 6.45) is -0.903. The van der Waals surface area contributed by atoms with Crippen molar-refractivity contribution in [1.29, 1.82) is 0 Å². The molecule has 0 aromatic rings. The van der Waals surface area contributed by atoms with Gasteiger partial charge in [0.2, 0.25) is 6.29 Å². The zero-order valence-corrected chi connectivity index (χ0v) is 19.3. The number of ether oxygens (including phenoxy) is 3. The molecule has 3 heterocycles. The van der Waals surface area contributed by atoms with Crippen LogP contribution >= 0.6 is 0 Å². The minimum Gasteiger partial charge on any atom is -0.511 e. The van der Waals surface area contributed by atoms with Crippen molar-refractivity contribution in [3.63, 3.8) is 0 Å². The Bertz CT molecular complexity index is 1070. The Morgan fingerprint density at radius 2 is 1.88 bits per heavy atom. The van der Waals surface area contributed by atoms with Crippen LogP contribution in [0, 0.1) is 22.7 Å². The van der Waals surface area contributed by atoms with E-state index in [4.69, 9.17) is 14.2 Å². The maximum absolute atomic E-state index is 13.0. The molecule has 180 valence electrons. The van der Waals surface area contributed by atoms with Gasteiger partial charge in [-0.15, -0.1) is 0 Å². The minimum absolute atomic E-state index is 0.104. The molecule has 0 bridgehead atoms. The van der Waals surface area contributed by atoms with Crippen molar-refractivity contribution in [2.45, 2.75) is 71.2 Å². The van der Waals surface area contributed by atoms with Crippen LogP contribution in [0.3, 0.4) is 0 Å². The number of hydrogen-bond acceptors (Lipinski definition) is 9. The molecule has 0 amide bonds. The quantitative estimate of drug-likeness (QED) is 0.448. The Kier molecular flexibility index (Phi) is 4.43. The van der Waals surface area contributed by atoms with Crippen LogP contribution in [0.1, 0.15) is 47.5 Å². The third-order valence-electron chi connectivity index (χ3n) is 8.58. The van der Waals surface area contributed by atoms with E-state index in [1.165, 1.54) is 13.0 Å². The first kappa shape index (κ1) is 22.6. The third kappa shape index (κ3) is 2.56. The lowest BCUT2D eigenvalue weighted by molar-refractivity contribution is -0.297. The largest absolute Gasteiger partial charge is 0.511 e. The fourth-order valence-corrected chi connectivity index (χ4v) is 6.85. The maximum atomic E-state index is 13.0. The fraction of sp³-hybridized carbons (Fsp3) is 0.667. The predicted octanol–water partition coefficient (Wildman–Crippen LogP) is 1.38. The van der Waals surface area contributed by atoms with E-state index in [0.29, 0.717) is 22.3 Å². The number of aliphatic hydroxyl groups excluding tert-OH is 3. The van der Waals surface area contributed by atoms with E-state index in [1.807, 2.05) is 0 Å². The first-order chi connectivity index (χ1) is 15.2. The molecule has 7 unspecified atom stereocenters. The van der Waals surface area contributed by atoms with E-state index < -0.39 is 65.0 Å². The molecule has 2 saturated heterocycles. The molecular formula is C24H30O9. The van der Waals surface area contributed by atoms with Crippen molar-refractivity contribution in [1.82, 2.24) is 0 Å². The second kappa shape index (κ2) is 6.47. The average molecular weight is 462 g/mol. The van der Waals surface area contributed by atoms with Gasteiger partial charge in [-0.2, -0.15) is 0 Å². The lowest BCUT2D eigenvalue weighted by Crippen LogP contribution is -2.59. The molecule has 5 rings (SSSR count). The highest BCUT2D eigenvalue weighted by Crippen LogP contribution is 2.70. The monoisotopic (exact) mass is 462 g/mol. The number of esters is 2. The molecule has 7 atom stereocenters. The number of carbonyl (C=O) groups is 2. The molecule has 9 heteroatoms. The van der Waals surface area contributed by atoms with E-state index in [0.717, 1.165) is 0 Å². The molecule has 0 radical (unpaired) electrons. The van der Waals surface area contributed by atoms with E-state index in [-0.39, 0.29) is 18.6 Å². The lowest BCUT2D eigenvalue weighted by Gasteiger charge is -2.52. The Balaban J connectivity index is 1.85. The van der Waals surface area contributed by atoms with Gasteiger partial charge in [0.25, 0.3) is 0 Å². The van der Waals surface area contributed by atoms with Crippen molar-refractivity contribution < 1.29 is 44.2 Å². The summed E-state index contributed by atoms with van der Waals surface area (Å²) in [5.41, 5.74) is -1.51. The maximum Gasteiger partial charge on any atom is 0.314 e. The number of allylic oxidation sites excluding steroid dienone is 1. The summed E-state index contributed by atoms with van der Waals surface area (Å²) in [5, 5.41) is 44.3. The van der Waals surface area contributed by atoms with Gasteiger partial charge in [-0.05, 0) is 63.8 Å². The molecule has 0 aromatic carbocycles. The van der Waals surface area contributed by atoms with Gasteiger partial charge in [0, 0.05) is 17.4 Å². The fourth-order valence-electron chi connectivity index (χ4n) is 6.85. The highest BCUT2D eigenvalue weighted by Gasteiger charge is 2.77. The van der Waals surface area contributed by atoms with Gasteiger partial charge in [0.15, 0.2) is 5.79 Å². The standard InChI is InChI=1S/C24H30O9/c1-10(26)24(30)18-17-19(33-24)31-20(29)22(17,4)8-14-12(9-25)11-6-16(28)32-21(2,3)13(11)7-15(27)23(14,18)5/h7,10,17-19,25-27,30H,6,8-9H2,1-5H3. The second-order valence-corrected chi connectivity index (χ2v) is 10.8. The van der Waals surface area contributed by atoms with Gasteiger partial charge in [-0.1, -0.05) is 0 Å². The van der Waals surface area contributed by atoms with E-state index in [2.05, 4.69) is 0 Å². The molecule has 0 spiro atoms. The number of hydrogen-bond donors (Lipinski definition) is 4. The number of carbonyl (C=O) groups excluding carboxylic acids is 2. The SMILES string of the molecule is CC(O)C1(O)OC2OC(=O)C3(C)CC4=C(CO)C5=C(C=C(O)C4(C)C1C23)C(C)(C)OC(=O)C5. The lowest BCUT2D eigenvalue weighted by atomic mass is 9.49. The Labute approximate surface area is 191 Å². The zero-order valence-electron chi connectivity index (χ0n) is 19.3. The Morgan fingerprint density at radius 1 is 1.21 bits per heavy atom.